The molecule has 0 radical (unpaired) electrons. The van der Waals surface area contributed by atoms with Crippen LogP contribution in [-0.4, -0.2) is 19.2 Å². The van der Waals surface area contributed by atoms with Crippen LogP contribution in [0.3, 0.4) is 0 Å². The zero-order valence-electron chi connectivity index (χ0n) is 24.8. The molecule has 0 aliphatic heterocycles. The Morgan fingerprint density at radius 3 is 1.91 bits per heavy atom. The summed E-state index contributed by atoms with van der Waals surface area (Å²) in [4.78, 5) is 5.18. The molecule has 6 aromatic carbocycles. The Kier molecular flexibility index (Phi) is 5.25. The first-order valence-electron chi connectivity index (χ1n) is 15.6. The molecule has 4 aromatic heterocycles. The van der Waals surface area contributed by atoms with Gasteiger partial charge in [0.15, 0.2) is 0 Å². The highest BCUT2D eigenvalue weighted by Crippen LogP contribution is 2.42. The minimum absolute atomic E-state index is 1.00. The fourth-order valence-electron chi connectivity index (χ4n) is 7.25. The van der Waals surface area contributed by atoms with E-state index in [0.29, 0.717) is 0 Å². The number of nitrogens with zero attached hydrogens (tertiary/aromatic N) is 4. The van der Waals surface area contributed by atoms with Crippen molar-refractivity contribution in [2.45, 2.75) is 0 Å². The van der Waals surface area contributed by atoms with Gasteiger partial charge >= 0.3 is 0 Å². The summed E-state index contributed by atoms with van der Waals surface area (Å²) in [7, 11) is 0. The molecule has 214 valence electrons. The highest BCUT2D eigenvalue weighted by Gasteiger charge is 2.19. The molecule has 0 amide bonds. The average molecular weight is 587 g/mol. The summed E-state index contributed by atoms with van der Waals surface area (Å²) in [6, 6.07) is 53.9. The largest absolute Gasteiger partial charge is 0.309 e. The second-order valence-electron chi connectivity index (χ2n) is 11.9. The molecule has 0 spiro atoms. The van der Waals surface area contributed by atoms with Crippen molar-refractivity contribution in [2.75, 3.05) is 0 Å². The first kappa shape index (κ1) is 25.1. The van der Waals surface area contributed by atoms with Gasteiger partial charge < -0.3 is 4.57 Å². The molecule has 10 aromatic rings. The van der Waals surface area contributed by atoms with Crippen molar-refractivity contribution in [3.8, 4) is 28.1 Å². The number of fused-ring (bicyclic) bond motifs is 10. The lowest BCUT2D eigenvalue weighted by Crippen LogP contribution is -1.95. The molecule has 4 nitrogen and oxygen atoms in total. The predicted octanol–water partition coefficient (Wildman–Crippen LogP) is 10.6. The normalized spacial score (nSPS) is 11.9. The van der Waals surface area contributed by atoms with Gasteiger partial charge in [0.1, 0.15) is 0 Å². The van der Waals surface area contributed by atoms with Gasteiger partial charge in [0, 0.05) is 55.3 Å². The fraction of sp³-hybridized carbons (Fsp3) is 0. The number of hydrogen-bond acceptors (Lipinski definition) is 2. The molecule has 4 heteroatoms. The third kappa shape index (κ3) is 3.61. The van der Waals surface area contributed by atoms with Gasteiger partial charge in [-0.2, -0.15) is 5.10 Å². The van der Waals surface area contributed by atoms with Gasteiger partial charge in [-0.3, -0.25) is 0 Å². The van der Waals surface area contributed by atoms with Crippen LogP contribution in [0.4, 0.5) is 0 Å². The molecule has 4 heterocycles. The van der Waals surface area contributed by atoms with E-state index in [4.69, 9.17) is 10.1 Å². The van der Waals surface area contributed by atoms with E-state index in [0.717, 1.165) is 50.0 Å². The second-order valence-corrected chi connectivity index (χ2v) is 11.9. The highest BCUT2D eigenvalue weighted by molar-refractivity contribution is 6.29. The Morgan fingerprint density at radius 2 is 1.07 bits per heavy atom. The van der Waals surface area contributed by atoms with Gasteiger partial charge in [-0.25, -0.2) is 9.50 Å². The molecular formula is C42H26N4. The third-order valence-corrected chi connectivity index (χ3v) is 9.33. The van der Waals surface area contributed by atoms with Gasteiger partial charge in [-0.05, 0) is 48.0 Å². The quantitative estimate of drug-likeness (QED) is 0.193. The number of benzene rings is 6. The van der Waals surface area contributed by atoms with Crippen LogP contribution in [0.2, 0.25) is 0 Å². The lowest BCUT2D eigenvalue weighted by atomic mass is 9.96. The number of para-hydroxylation sites is 2. The van der Waals surface area contributed by atoms with E-state index in [1.165, 1.54) is 38.0 Å². The topological polar surface area (TPSA) is 35.1 Å². The lowest BCUT2D eigenvalue weighted by molar-refractivity contribution is 0.983. The number of pyridine rings is 2. The molecule has 0 bridgehead atoms. The SMILES string of the molecule is c1ccc(-c2nc3ccccc3c3c2ccc2c3c3ccccc3n2-c2ccc(-c3ccc4c5ccccc5nn4c3)cc2)cc1. The Balaban J connectivity index is 1.19. The zero-order valence-corrected chi connectivity index (χ0v) is 24.8. The van der Waals surface area contributed by atoms with Crippen LogP contribution in [0.1, 0.15) is 0 Å². The Bertz CT molecular complexity index is 2790. The minimum atomic E-state index is 1.00. The van der Waals surface area contributed by atoms with Gasteiger partial charge in [0.25, 0.3) is 0 Å². The van der Waals surface area contributed by atoms with Crippen molar-refractivity contribution < 1.29 is 0 Å². The summed E-state index contributed by atoms with van der Waals surface area (Å²) in [5.41, 5.74) is 11.0. The van der Waals surface area contributed by atoms with Crippen LogP contribution in [-0.2, 0) is 0 Å². The van der Waals surface area contributed by atoms with E-state index in [2.05, 4.69) is 156 Å². The minimum Gasteiger partial charge on any atom is -0.309 e. The van der Waals surface area contributed by atoms with Gasteiger partial charge in [-0.15, -0.1) is 0 Å². The number of rotatable bonds is 3. The zero-order chi connectivity index (χ0) is 30.2. The van der Waals surface area contributed by atoms with Crippen molar-refractivity contribution in [2.24, 2.45) is 0 Å². The molecule has 0 aliphatic carbocycles. The fourth-order valence-corrected chi connectivity index (χ4v) is 7.25. The maximum Gasteiger partial charge on any atom is 0.0933 e. The maximum absolute atomic E-state index is 5.18. The van der Waals surface area contributed by atoms with Crippen molar-refractivity contribution in [3.63, 3.8) is 0 Å². The molecule has 10 rings (SSSR count). The standard InChI is InChI=1S/C42H26N4/c1-2-10-28(11-3-1)42-34-23-25-39-41(40(34)32-13-5-7-15-35(32)43-42)33-14-6-9-17-38(33)46(39)30-21-18-27(19-22-30)29-20-24-37-31-12-4-8-16-36(31)44-45(37)26-29/h1-26H. The smallest absolute Gasteiger partial charge is 0.0933 e. The second kappa shape index (κ2) is 9.62. The third-order valence-electron chi connectivity index (χ3n) is 9.33. The van der Waals surface area contributed by atoms with E-state index >= 15 is 0 Å². The predicted molar refractivity (Wildman–Crippen MR) is 191 cm³/mol. The van der Waals surface area contributed by atoms with Gasteiger partial charge in [-0.1, -0.05) is 109 Å². The summed E-state index contributed by atoms with van der Waals surface area (Å²) >= 11 is 0. The molecule has 0 saturated heterocycles. The van der Waals surface area contributed by atoms with Gasteiger partial charge in [0.05, 0.1) is 33.3 Å². The van der Waals surface area contributed by atoms with Crippen molar-refractivity contribution in [3.05, 3.63) is 158 Å². The van der Waals surface area contributed by atoms with Crippen LogP contribution < -0.4 is 0 Å². The summed E-state index contributed by atoms with van der Waals surface area (Å²) in [5, 5.41) is 12.0. The van der Waals surface area contributed by atoms with E-state index in [1.54, 1.807) is 0 Å². The Labute approximate surface area is 264 Å². The number of hydrogen-bond donors (Lipinski definition) is 0. The molecule has 0 saturated carbocycles. The summed E-state index contributed by atoms with van der Waals surface area (Å²) in [5.74, 6) is 0. The van der Waals surface area contributed by atoms with Crippen molar-refractivity contribution in [1.82, 2.24) is 19.2 Å². The van der Waals surface area contributed by atoms with E-state index in [1.807, 2.05) is 10.6 Å². The average Bonchev–Trinajstić information content (AvgIpc) is 3.67. The highest BCUT2D eigenvalue weighted by atomic mass is 15.2. The van der Waals surface area contributed by atoms with E-state index in [-0.39, 0.29) is 0 Å². The van der Waals surface area contributed by atoms with Crippen molar-refractivity contribution in [1.29, 1.82) is 0 Å². The van der Waals surface area contributed by atoms with Crippen molar-refractivity contribution >= 4 is 59.9 Å². The molecule has 0 N–H and O–H groups in total. The summed E-state index contributed by atoms with van der Waals surface area (Å²) in [6.45, 7) is 0. The maximum atomic E-state index is 5.18. The molecule has 46 heavy (non-hydrogen) atoms. The monoisotopic (exact) mass is 586 g/mol. The van der Waals surface area contributed by atoms with Crippen LogP contribution >= 0.6 is 0 Å². The van der Waals surface area contributed by atoms with Crippen LogP contribution in [0, 0.1) is 0 Å². The molecule has 0 atom stereocenters. The molecule has 0 unspecified atom stereocenters. The number of aromatic nitrogens is 4. The molecular weight excluding hydrogens is 560 g/mol. The Morgan fingerprint density at radius 1 is 0.391 bits per heavy atom. The summed E-state index contributed by atoms with van der Waals surface area (Å²) in [6.07, 6.45) is 2.13. The van der Waals surface area contributed by atoms with Crippen LogP contribution in [0.25, 0.3) is 88.0 Å². The lowest BCUT2D eigenvalue weighted by Gasteiger charge is -2.13. The Hall–Kier alpha value is -6.26. The first-order chi connectivity index (χ1) is 22.8. The molecule has 0 aliphatic rings. The van der Waals surface area contributed by atoms with E-state index in [9.17, 15) is 0 Å². The molecule has 0 fully saturated rings. The summed E-state index contributed by atoms with van der Waals surface area (Å²) < 4.78 is 4.39. The first-order valence-corrected chi connectivity index (χ1v) is 15.6. The van der Waals surface area contributed by atoms with Crippen LogP contribution in [0.5, 0.6) is 0 Å². The van der Waals surface area contributed by atoms with Crippen LogP contribution in [0.15, 0.2) is 158 Å². The van der Waals surface area contributed by atoms with Gasteiger partial charge in [0.2, 0.25) is 0 Å². The van der Waals surface area contributed by atoms with E-state index < -0.39 is 0 Å².